The number of methoxy groups -OCH3 is 2. The zero-order chi connectivity index (χ0) is 21.0. The molecule has 6 nitrogen and oxygen atoms in total. The van der Waals surface area contributed by atoms with Crippen LogP contribution < -0.4 is 14.4 Å². The highest BCUT2D eigenvalue weighted by molar-refractivity contribution is 7.22. The third kappa shape index (κ3) is 4.68. The Labute approximate surface area is 175 Å². The van der Waals surface area contributed by atoms with Crippen molar-refractivity contribution < 1.29 is 14.3 Å². The summed E-state index contributed by atoms with van der Waals surface area (Å²) in [7, 11) is 7.21. The fraction of sp³-hybridized carbons (Fsp3) is 0.364. The Hall–Kier alpha value is -2.64. The number of rotatable bonds is 8. The van der Waals surface area contributed by atoms with Gasteiger partial charge in [0.25, 0.3) is 5.91 Å². The average molecular weight is 414 g/mol. The zero-order valence-electron chi connectivity index (χ0n) is 17.6. The number of fused-ring (bicyclic) bond motifs is 1. The summed E-state index contributed by atoms with van der Waals surface area (Å²) in [4.78, 5) is 22.1. The van der Waals surface area contributed by atoms with Crippen molar-refractivity contribution in [2.75, 3.05) is 46.3 Å². The molecule has 1 heterocycles. The summed E-state index contributed by atoms with van der Waals surface area (Å²) in [5.74, 6) is 1.03. The first-order valence-electron chi connectivity index (χ1n) is 9.49. The van der Waals surface area contributed by atoms with E-state index in [0.717, 1.165) is 28.7 Å². The van der Waals surface area contributed by atoms with Crippen LogP contribution in [0.1, 0.15) is 22.3 Å². The molecule has 0 aliphatic rings. The van der Waals surface area contributed by atoms with E-state index >= 15 is 0 Å². The molecule has 0 saturated carbocycles. The van der Waals surface area contributed by atoms with E-state index in [-0.39, 0.29) is 5.91 Å². The van der Waals surface area contributed by atoms with Gasteiger partial charge in [0.15, 0.2) is 16.6 Å². The normalized spacial score (nSPS) is 11.1. The van der Waals surface area contributed by atoms with Crippen LogP contribution in [0, 0.1) is 6.92 Å². The van der Waals surface area contributed by atoms with Gasteiger partial charge in [0, 0.05) is 12.1 Å². The van der Waals surface area contributed by atoms with Gasteiger partial charge < -0.3 is 14.4 Å². The van der Waals surface area contributed by atoms with Crippen molar-refractivity contribution in [3.8, 4) is 11.5 Å². The molecule has 0 saturated heterocycles. The smallest absolute Gasteiger partial charge is 0.260 e. The molecule has 0 atom stereocenters. The Morgan fingerprint density at radius 2 is 1.83 bits per heavy atom. The van der Waals surface area contributed by atoms with E-state index in [1.54, 1.807) is 48.7 Å². The number of para-hydroxylation sites is 1. The lowest BCUT2D eigenvalue weighted by atomic mass is 10.1. The third-order valence-electron chi connectivity index (χ3n) is 4.70. The van der Waals surface area contributed by atoms with Gasteiger partial charge in [0.1, 0.15) is 0 Å². The Balaban J connectivity index is 1.97. The fourth-order valence-electron chi connectivity index (χ4n) is 3.14. The lowest BCUT2D eigenvalue weighted by molar-refractivity contribution is 0.0985. The van der Waals surface area contributed by atoms with Crippen LogP contribution in [0.25, 0.3) is 10.2 Å². The predicted molar refractivity (Wildman–Crippen MR) is 119 cm³/mol. The van der Waals surface area contributed by atoms with E-state index in [1.807, 2.05) is 39.2 Å². The second-order valence-corrected chi connectivity index (χ2v) is 8.11. The maximum absolute atomic E-state index is 13.4. The van der Waals surface area contributed by atoms with Crippen LogP contribution in [-0.2, 0) is 0 Å². The standard InChI is InChI=1S/C22H27N3O3S/c1-15-8-6-9-19-20(15)23-22(29-19)25(13-7-12-24(2)3)21(26)16-10-11-17(27-4)18(14-16)28-5/h6,8-11,14H,7,12-13H2,1-5H3. The Morgan fingerprint density at radius 1 is 1.07 bits per heavy atom. The largest absolute Gasteiger partial charge is 0.493 e. The number of benzene rings is 2. The highest BCUT2D eigenvalue weighted by Crippen LogP contribution is 2.33. The summed E-state index contributed by atoms with van der Waals surface area (Å²) in [6.07, 6.45) is 0.848. The maximum Gasteiger partial charge on any atom is 0.260 e. The molecule has 0 bridgehead atoms. The number of carbonyl (C=O) groups is 1. The first kappa shape index (κ1) is 21.1. The molecule has 0 spiro atoms. The van der Waals surface area contributed by atoms with Gasteiger partial charge in [-0.05, 0) is 63.8 Å². The molecule has 29 heavy (non-hydrogen) atoms. The SMILES string of the molecule is COc1ccc(C(=O)N(CCCN(C)C)c2nc3c(C)cccc3s2)cc1OC. The van der Waals surface area contributed by atoms with Crippen LogP contribution in [0.3, 0.4) is 0 Å². The van der Waals surface area contributed by atoms with Gasteiger partial charge in [0.05, 0.1) is 24.4 Å². The van der Waals surface area contributed by atoms with Crippen LogP contribution >= 0.6 is 11.3 Å². The Morgan fingerprint density at radius 3 is 2.48 bits per heavy atom. The van der Waals surface area contributed by atoms with E-state index in [4.69, 9.17) is 14.5 Å². The summed E-state index contributed by atoms with van der Waals surface area (Å²) in [5.41, 5.74) is 2.60. The number of carbonyl (C=O) groups excluding carboxylic acids is 1. The monoisotopic (exact) mass is 413 g/mol. The molecular weight excluding hydrogens is 386 g/mol. The Bertz CT molecular complexity index is 1000. The molecular formula is C22H27N3O3S. The van der Waals surface area contributed by atoms with Gasteiger partial charge in [-0.2, -0.15) is 0 Å². The first-order chi connectivity index (χ1) is 13.9. The summed E-state index contributed by atoms with van der Waals surface area (Å²) < 4.78 is 11.7. The van der Waals surface area contributed by atoms with Gasteiger partial charge in [-0.1, -0.05) is 23.5 Å². The second-order valence-electron chi connectivity index (χ2n) is 7.10. The van der Waals surface area contributed by atoms with Crippen molar-refractivity contribution >= 4 is 32.6 Å². The molecule has 0 aliphatic heterocycles. The van der Waals surface area contributed by atoms with Gasteiger partial charge in [-0.3, -0.25) is 9.69 Å². The topological polar surface area (TPSA) is 54.9 Å². The lowest BCUT2D eigenvalue weighted by Gasteiger charge is -2.21. The first-order valence-corrected chi connectivity index (χ1v) is 10.3. The minimum Gasteiger partial charge on any atom is -0.493 e. The van der Waals surface area contributed by atoms with Crippen LogP contribution in [0.5, 0.6) is 11.5 Å². The molecule has 0 aliphatic carbocycles. The average Bonchev–Trinajstić information content (AvgIpc) is 3.15. The number of aromatic nitrogens is 1. The molecule has 0 unspecified atom stereocenters. The third-order valence-corrected chi connectivity index (χ3v) is 5.75. The lowest BCUT2D eigenvalue weighted by Crippen LogP contribution is -2.33. The van der Waals surface area contributed by atoms with E-state index in [9.17, 15) is 4.79 Å². The van der Waals surface area contributed by atoms with Crippen molar-refractivity contribution in [1.82, 2.24) is 9.88 Å². The molecule has 154 valence electrons. The van der Waals surface area contributed by atoms with Gasteiger partial charge in [0.2, 0.25) is 0 Å². The second kappa shape index (κ2) is 9.24. The number of nitrogens with zero attached hydrogens (tertiary/aromatic N) is 3. The highest BCUT2D eigenvalue weighted by atomic mass is 32.1. The zero-order valence-corrected chi connectivity index (χ0v) is 18.4. The molecule has 0 fully saturated rings. The van der Waals surface area contributed by atoms with E-state index in [2.05, 4.69) is 4.90 Å². The molecule has 0 N–H and O–H groups in total. The van der Waals surface area contributed by atoms with Crippen LogP contribution in [-0.4, -0.2) is 57.2 Å². The quantitative estimate of drug-likeness (QED) is 0.553. The fourth-order valence-corrected chi connectivity index (χ4v) is 4.21. The summed E-state index contributed by atoms with van der Waals surface area (Å²) in [6, 6.07) is 11.3. The number of ether oxygens (including phenoxy) is 2. The maximum atomic E-state index is 13.4. The van der Waals surface area contributed by atoms with Crippen LogP contribution in [0.4, 0.5) is 5.13 Å². The summed E-state index contributed by atoms with van der Waals surface area (Å²) in [6.45, 7) is 3.52. The van der Waals surface area contributed by atoms with Crippen molar-refractivity contribution in [1.29, 1.82) is 0 Å². The van der Waals surface area contributed by atoms with Crippen molar-refractivity contribution in [3.63, 3.8) is 0 Å². The van der Waals surface area contributed by atoms with Crippen molar-refractivity contribution in [2.24, 2.45) is 0 Å². The van der Waals surface area contributed by atoms with E-state index < -0.39 is 0 Å². The number of amides is 1. The van der Waals surface area contributed by atoms with E-state index in [1.165, 1.54) is 0 Å². The number of hydrogen-bond donors (Lipinski definition) is 0. The van der Waals surface area contributed by atoms with E-state index in [0.29, 0.717) is 28.7 Å². The number of hydrogen-bond acceptors (Lipinski definition) is 6. The number of anilines is 1. The van der Waals surface area contributed by atoms with Gasteiger partial charge in [-0.15, -0.1) is 0 Å². The van der Waals surface area contributed by atoms with Crippen LogP contribution in [0.2, 0.25) is 0 Å². The minimum atomic E-state index is -0.0959. The van der Waals surface area contributed by atoms with Gasteiger partial charge >= 0.3 is 0 Å². The predicted octanol–water partition coefficient (Wildman–Crippen LogP) is 4.22. The number of thiazole rings is 1. The van der Waals surface area contributed by atoms with Crippen LogP contribution in [0.15, 0.2) is 36.4 Å². The summed E-state index contributed by atoms with van der Waals surface area (Å²) in [5, 5.41) is 0.716. The number of aryl methyl sites for hydroxylation is 1. The van der Waals surface area contributed by atoms with Crippen molar-refractivity contribution in [3.05, 3.63) is 47.5 Å². The molecule has 1 aromatic heterocycles. The molecule has 1 amide bonds. The molecule has 3 rings (SSSR count). The van der Waals surface area contributed by atoms with Gasteiger partial charge in [-0.25, -0.2) is 4.98 Å². The van der Waals surface area contributed by atoms with Crippen molar-refractivity contribution in [2.45, 2.75) is 13.3 Å². The molecule has 2 aromatic carbocycles. The minimum absolute atomic E-state index is 0.0959. The molecule has 0 radical (unpaired) electrons. The molecule has 7 heteroatoms. The highest BCUT2D eigenvalue weighted by Gasteiger charge is 2.22. The summed E-state index contributed by atoms with van der Waals surface area (Å²) >= 11 is 1.54. The Kier molecular flexibility index (Phi) is 6.71. The molecule has 3 aromatic rings.